The number of nitrogens with one attached hydrogen (secondary N) is 1. The first-order valence-corrected chi connectivity index (χ1v) is 6.13. The summed E-state index contributed by atoms with van der Waals surface area (Å²) in [4.78, 5) is 12.0. The average molecular weight is 268 g/mol. The fourth-order valence-electron chi connectivity index (χ4n) is 1.81. The van der Waals surface area contributed by atoms with E-state index in [1.54, 1.807) is 37.3 Å². The minimum atomic E-state index is -0.547. The van der Waals surface area contributed by atoms with Crippen LogP contribution in [0.2, 0.25) is 0 Å². The zero-order chi connectivity index (χ0) is 14.5. The quantitative estimate of drug-likeness (QED) is 0.926. The molecule has 0 unspecified atom stereocenters. The molecule has 0 radical (unpaired) electrons. The molecule has 1 N–H and O–H groups in total. The Morgan fingerprint density at radius 1 is 1.25 bits per heavy atom. The molecule has 0 aromatic heterocycles. The van der Waals surface area contributed by atoms with E-state index in [-0.39, 0.29) is 5.56 Å². The summed E-state index contributed by atoms with van der Waals surface area (Å²) in [5, 5.41) is 11.2. The highest BCUT2D eigenvalue weighted by molar-refractivity contribution is 6.04. The van der Waals surface area contributed by atoms with Gasteiger partial charge in [-0.2, -0.15) is 5.26 Å². The van der Waals surface area contributed by atoms with Crippen LogP contribution in [-0.2, 0) is 6.42 Å². The Morgan fingerprint density at radius 2 is 1.95 bits per heavy atom. The standard InChI is InChI=1S/C16H13FN2O/c1-11-2-7-15(17)14(10-11)16(20)19-13-5-3-12(4-6-13)8-9-18/h2-7,10H,8H2,1H3,(H,19,20). The highest BCUT2D eigenvalue weighted by Gasteiger charge is 2.11. The van der Waals surface area contributed by atoms with Crippen LogP contribution in [0.3, 0.4) is 0 Å². The van der Waals surface area contributed by atoms with Crippen molar-refractivity contribution in [3.8, 4) is 6.07 Å². The first-order valence-electron chi connectivity index (χ1n) is 6.13. The molecule has 20 heavy (non-hydrogen) atoms. The van der Waals surface area contributed by atoms with E-state index in [0.29, 0.717) is 12.1 Å². The molecular weight excluding hydrogens is 255 g/mol. The van der Waals surface area contributed by atoms with Gasteiger partial charge in [-0.15, -0.1) is 0 Å². The number of nitrogens with zero attached hydrogens (tertiary/aromatic N) is 1. The third-order valence-corrected chi connectivity index (χ3v) is 2.86. The number of benzene rings is 2. The summed E-state index contributed by atoms with van der Waals surface area (Å²) in [6, 6.07) is 13.3. The molecule has 0 saturated heterocycles. The molecule has 0 aliphatic heterocycles. The van der Waals surface area contributed by atoms with Crippen molar-refractivity contribution in [2.75, 3.05) is 5.32 Å². The largest absolute Gasteiger partial charge is 0.322 e. The van der Waals surface area contributed by atoms with Crippen molar-refractivity contribution in [3.05, 3.63) is 65.0 Å². The van der Waals surface area contributed by atoms with Crippen LogP contribution < -0.4 is 5.32 Å². The van der Waals surface area contributed by atoms with Crippen LogP contribution in [0.15, 0.2) is 42.5 Å². The number of rotatable bonds is 3. The third-order valence-electron chi connectivity index (χ3n) is 2.86. The fourth-order valence-corrected chi connectivity index (χ4v) is 1.81. The van der Waals surface area contributed by atoms with Crippen LogP contribution in [0.1, 0.15) is 21.5 Å². The van der Waals surface area contributed by atoms with E-state index in [9.17, 15) is 9.18 Å². The highest BCUT2D eigenvalue weighted by Crippen LogP contribution is 2.14. The summed E-state index contributed by atoms with van der Waals surface area (Å²) < 4.78 is 13.6. The Balaban J connectivity index is 2.15. The van der Waals surface area contributed by atoms with Gasteiger partial charge in [0.25, 0.3) is 5.91 Å². The molecule has 0 spiro atoms. The Kier molecular flexibility index (Phi) is 4.11. The zero-order valence-corrected chi connectivity index (χ0v) is 11.0. The number of amides is 1. The molecule has 0 heterocycles. The summed E-state index contributed by atoms with van der Waals surface area (Å²) in [6.45, 7) is 1.80. The van der Waals surface area contributed by atoms with Gasteiger partial charge >= 0.3 is 0 Å². The summed E-state index contributed by atoms with van der Waals surface area (Å²) in [5.41, 5.74) is 2.27. The topological polar surface area (TPSA) is 52.9 Å². The number of halogens is 1. The highest BCUT2D eigenvalue weighted by atomic mass is 19.1. The lowest BCUT2D eigenvalue weighted by Gasteiger charge is -2.07. The van der Waals surface area contributed by atoms with E-state index in [1.165, 1.54) is 12.1 Å². The summed E-state index contributed by atoms with van der Waals surface area (Å²) in [5.74, 6) is -1.03. The predicted molar refractivity (Wildman–Crippen MR) is 74.8 cm³/mol. The second kappa shape index (κ2) is 5.98. The first kappa shape index (κ1) is 13.8. The molecule has 4 heteroatoms. The minimum Gasteiger partial charge on any atom is -0.322 e. The van der Waals surface area contributed by atoms with Crippen LogP contribution in [0.5, 0.6) is 0 Å². The molecular formula is C16H13FN2O. The van der Waals surface area contributed by atoms with E-state index in [1.807, 2.05) is 6.07 Å². The van der Waals surface area contributed by atoms with Crippen molar-refractivity contribution in [1.29, 1.82) is 5.26 Å². The van der Waals surface area contributed by atoms with Crippen molar-refractivity contribution in [1.82, 2.24) is 0 Å². The maximum absolute atomic E-state index is 13.6. The van der Waals surface area contributed by atoms with Crippen LogP contribution >= 0.6 is 0 Å². The number of nitriles is 1. The molecule has 1 amide bonds. The van der Waals surface area contributed by atoms with Gasteiger partial charge in [-0.25, -0.2) is 4.39 Å². The van der Waals surface area contributed by atoms with E-state index in [2.05, 4.69) is 5.32 Å². The summed E-state index contributed by atoms with van der Waals surface area (Å²) >= 11 is 0. The van der Waals surface area contributed by atoms with Crippen LogP contribution in [0.4, 0.5) is 10.1 Å². The van der Waals surface area contributed by atoms with Gasteiger partial charge in [-0.1, -0.05) is 23.8 Å². The molecule has 0 fully saturated rings. The van der Waals surface area contributed by atoms with Gasteiger partial charge in [0.1, 0.15) is 5.82 Å². The van der Waals surface area contributed by atoms with Gasteiger partial charge in [0.15, 0.2) is 0 Å². The van der Waals surface area contributed by atoms with Crippen molar-refractivity contribution in [2.45, 2.75) is 13.3 Å². The van der Waals surface area contributed by atoms with Crippen LogP contribution in [0.25, 0.3) is 0 Å². The summed E-state index contributed by atoms with van der Waals surface area (Å²) in [6.07, 6.45) is 0.320. The SMILES string of the molecule is Cc1ccc(F)c(C(=O)Nc2ccc(CC#N)cc2)c1. The van der Waals surface area contributed by atoms with E-state index in [0.717, 1.165) is 11.1 Å². The zero-order valence-electron chi connectivity index (χ0n) is 11.0. The smallest absolute Gasteiger partial charge is 0.258 e. The third kappa shape index (κ3) is 3.21. The molecule has 0 aliphatic rings. The van der Waals surface area contributed by atoms with E-state index in [4.69, 9.17) is 5.26 Å². The molecule has 0 saturated carbocycles. The normalized spacial score (nSPS) is 9.85. The number of hydrogen-bond donors (Lipinski definition) is 1. The molecule has 0 atom stereocenters. The number of hydrogen-bond acceptors (Lipinski definition) is 2. The van der Waals surface area contributed by atoms with Crippen molar-refractivity contribution >= 4 is 11.6 Å². The van der Waals surface area contributed by atoms with Crippen molar-refractivity contribution < 1.29 is 9.18 Å². The fraction of sp³-hybridized carbons (Fsp3) is 0.125. The number of carbonyl (C=O) groups is 1. The maximum Gasteiger partial charge on any atom is 0.258 e. The number of carbonyl (C=O) groups excluding carboxylic acids is 1. The lowest BCUT2D eigenvalue weighted by molar-refractivity contribution is 0.102. The second-order valence-corrected chi connectivity index (χ2v) is 4.47. The molecule has 0 bridgehead atoms. The molecule has 0 aliphatic carbocycles. The number of anilines is 1. The molecule has 2 aromatic carbocycles. The molecule has 2 aromatic rings. The van der Waals surface area contributed by atoms with Gasteiger partial charge < -0.3 is 5.32 Å². The Morgan fingerprint density at radius 3 is 2.60 bits per heavy atom. The van der Waals surface area contributed by atoms with E-state index >= 15 is 0 Å². The van der Waals surface area contributed by atoms with Gasteiger partial charge in [-0.3, -0.25) is 4.79 Å². The van der Waals surface area contributed by atoms with Crippen LogP contribution in [0, 0.1) is 24.1 Å². The molecule has 3 nitrogen and oxygen atoms in total. The minimum absolute atomic E-state index is 0.0195. The van der Waals surface area contributed by atoms with Crippen molar-refractivity contribution in [2.24, 2.45) is 0 Å². The maximum atomic E-state index is 13.6. The van der Waals surface area contributed by atoms with Gasteiger partial charge in [0.05, 0.1) is 18.1 Å². The lowest BCUT2D eigenvalue weighted by Crippen LogP contribution is -2.14. The van der Waals surface area contributed by atoms with E-state index < -0.39 is 11.7 Å². The Labute approximate surface area is 116 Å². The van der Waals surface area contributed by atoms with Gasteiger partial charge in [0.2, 0.25) is 0 Å². The Bertz CT molecular complexity index is 672. The molecule has 100 valence electrons. The monoisotopic (exact) mass is 268 g/mol. The lowest BCUT2D eigenvalue weighted by atomic mass is 10.1. The van der Waals surface area contributed by atoms with Crippen LogP contribution in [-0.4, -0.2) is 5.91 Å². The van der Waals surface area contributed by atoms with Gasteiger partial charge in [0, 0.05) is 5.69 Å². The first-order chi connectivity index (χ1) is 9.60. The molecule has 2 rings (SSSR count). The summed E-state index contributed by atoms with van der Waals surface area (Å²) in [7, 11) is 0. The Hall–Kier alpha value is -2.67. The number of aryl methyl sites for hydroxylation is 1. The second-order valence-electron chi connectivity index (χ2n) is 4.47. The average Bonchev–Trinajstić information content (AvgIpc) is 2.44. The van der Waals surface area contributed by atoms with Crippen molar-refractivity contribution in [3.63, 3.8) is 0 Å². The predicted octanol–water partition coefficient (Wildman–Crippen LogP) is 3.45. The van der Waals surface area contributed by atoms with Gasteiger partial charge in [-0.05, 0) is 36.8 Å².